The molecule has 0 aliphatic carbocycles. The van der Waals surface area contributed by atoms with Crippen LogP contribution >= 0.6 is 35.2 Å². The van der Waals surface area contributed by atoms with E-state index in [0.717, 1.165) is 21.2 Å². The Kier molecular flexibility index (Phi) is 7.19. The standard InChI is InChI=1S/C24H18ClN3O3S2/c25-21-17-11-5-7-13-19(17)33-22(21)23(30)26-24(32)28-27-20(29)14-31-18-12-6-4-10-16(18)15-8-2-1-3-9-15/h1-13H,14H2,(H,27,29)(H2,26,28,30,32). The molecule has 0 spiro atoms. The predicted octanol–water partition coefficient (Wildman–Crippen LogP) is 4.94. The van der Waals surface area contributed by atoms with Gasteiger partial charge < -0.3 is 4.74 Å². The number of hydrogen-bond acceptors (Lipinski definition) is 5. The van der Waals surface area contributed by atoms with E-state index in [1.165, 1.54) is 11.3 Å². The summed E-state index contributed by atoms with van der Waals surface area (Å²) >= 11 is 12.7. The molecule has 0 unspecified atom stereocenters. The van der Waals surface area contributed by atoms with Crippen molar-refractivity contribution in [2.75, 3.05) is 6.61 Å². The molecule has 4 rings (SSSR count). The molecule has 2 amide bonds. The summed E-state index contributed by atoms with van der Waals surface area (Å²) in [5.41, 5.74) is 6.77. The fourth-order valence-electron chi connectivity index (χ4n) is 3.11. The molecule has 166 valence electrons. The average Bonchev–Trinajstić information content (AvgIpc) is 3.19. The summed E-state index contributed by atoms with van der Waals surface area (Å²) in [6.07, 6.45) is 0. The molecule has 0 bridgehead atoms. The largest absolute Gasteiger partial charge is 0.483 e. The molecule has 0 saturated heterocycles. The Labute approximate surface area is 204 Å². The van der Waals surface area contributed by atoms with E-state index >= 15 is 0 Å². The van der Waals surface area contributed by atoms with E-state index in [-0.39, 0.29) is 11.7 Å². The van der Waals surface area contributed by atoms with Gasteiger partial charge in [0.2, 0.25) is 0 Å². The van der Waals surface area contributed by atoms with Gasteiger partial charge >= 0.3 is 0 Å². The predicted molar refractivity (Wildman–Crippen MR) is 136 cm³/mol. The molecule has 6 nitrogen and oxygen atoms in total. The van der Waals surface area contributed by atoms with Crippen LogP contribution in [0.2, 0.25) is 5.02 Å². The average molecular weight is 496 g/mol. The van der Waals surface area contributed by atoms with Crippen molar-refractivity contribution in [1.82, 2.24) is 16.2 Å². The number of halogens is 1. The molecular formula is C24H18ClN3O3S2. The molecule has 3 aromatic carbocycles. The number of para-hydroxylation sites is 1. The Morgan fingerprint density at radius 3 is 2.39 bits per heavy atom. The maximum atomic E-state index is 12.5. The van der Waals surface area contributed by atoms with E-state index in [1.54, 1.807) is 6.07 Å². The van der Waals surface area contributed by atoms with Gasteiger partial charge in [0, 0.05) is 15.6 Å². The van der Waals surface area contributed by atoms with Crippen molar-refractivity contribution < 1.29 is 14.3 Å². The zero-order valence-corrected chi connectivity index (χ0v) is 19.5. The lowest BCUT2D eigenvalue weighted by Crippen LogP contribution is -2.49. The van der Waals surface area contributed by atoms with Gasteiger partial charge in [0.1, 0.15) is 10.6 Å². The van der Waals surface area contributed by atoms with E-state index in [1.807, 2.05) is 72.8 Å². The van der Waals surface area contributed by atoms with Gasteiger partial charge in [-0.1, -0.05) is 78.3 Å². The minimum atomic E-state index is -0.464. The molecule has 0 aliphatic rings. The third-order valence-electron chi connectivity index (χ3n) is 4.61. The molecule has 0 radical (unpaired) electrons. The number of hydrazine groups is 1. The maximum absolute atomic E-state index is 12.5. The molecule has 0 atom stereocenters. The zero-order chi connectivity index (χ0) is 23.2. The van der Waals surface area contributed by atoms with Crippen LogP contribution in [0.1, 0.15) is 9.67 Å². The van der Waals surface area contributed by atoms with Crippen molar-refractivity contribution in [3.63, 3.8) is 0 Å². The molecule has 3 N–H and O–H groups in total. The van der Waals surface area contributed by atoms with Crippen LogP contribution in [-0.2, 0) is 4.79 Å². The number of hydrogen-bond donors (Lipinski definition) is 3. The number of carbonyl (C=O) groups is 2. The molecule has 1 aromatic heterocycles. The number of rotatable bonds is 5. The lowest BCUT2D eigenvalue weighted by atomic mass is 10.1. The summed E-state index contributed by atoms with van der Waals surface area (Å²) in [5.74, 6) is -0.343. The van der Waals surface area contributed by atoms with Crippen LogP contribution in [-0.4, -0.2) is 23.5 Å². The third kappa shape index (κ3) is 5.48. The summed E-state index contributed by atoms with van der Waals surface area (Å²) in [6, 6.07) is 24.6. The van der Waals surface area contributed by atoms with Gasteiger partial charge in [0.15, 0.2) is 11.7 Å². The lowest BCUT2D eigenvalue weighted by molar-refractivity contribution is -0.123. The van der Waals surface area contributed by atoms with E-state index in [2.05, 4.69) is 16.2 Å². The van der Waals surface area contributed by atoms with Gasteiger partial charge in [-0.25, -0.2) is 0 Å². The number of thiophene rings is 1. The monoisotopic (exact) mass is 495 g/mol. The summed E-state index contributed by atoms with van der Waals surface area (Å²) < 4.78 is 6.58. The Morgan fingerprint density at radius 1 is 0.909 bits per heavy atom. The van der Waals surface area contributed by atoms with Gasteiger partial charge in [-0.3, -0.25) is 25.8 Å². The SMILES string of the molecule is O=C(COc1ccccc1-c1ccccc1)NNC(=S)NC(=O)c1sc2ccccc2c1Cl. The fourth-order valence-corrected chi connectivity index (χ4v) is 4.66. The maximum Gasteiger partial charge on any atom is 0.276 e. The van der Waals surface area contributed by atoms with Crippen molar-refractivity contribution in [3.8, 4) is 16.9 Å². The first kappa shape index (κ1) is 22.7. The molecule has 0 fully saturated rings. The lowest BCUT2D eigenvalue weighted by Gasteiger charge is -2.13. The van der Waals surface area contributed by atoms with Crippen LogP contribution in [0.4, 0.5) is 0 Å². The summed E-state index contributed by atoms with van der Waals surface area (Å²) in [4.78, 5) is 25.1. The highest BCUT2D eigenvalue weighted by atomic mass is 35.5. The molecule has 9 heteroatoms. The van der Waals surface area contributed by atoms with Crippen molar-refractivity contribution in [2.24, 2.45) is 0 Å². The van der Waals surface area contributed by atoms with Crippen molar-refractivity contribution in [2.45, 2.75) is 0 Å². The molecular weight excluding hydrogens is 478 g/mol. The van der Waals surface area contributed by atoms with Crippen LogP contribution in [0.3, 0.4) is 0 Å². The van der Waals surface area contributed by atoms with Crippen LogP contribution in [0.15, 0.2) is 78.9 Å². The smallest absolute Gasteiger partial charge is 0.276 e. The number of ether oxygens (including phenoxy) is 1. The summed E-state index contributed by atoms with van der Waals surface area (Å²) in [5, 5.41) is 3.61. The van der Waals surface area contributed by atoms with Gasteiger partial charge in [-0.2, -0.15) is 0 Å². The Bertz CT molecular complexity index is 1330. The van der Waals surface area contributed by atoms with Crippen LogP contribution < -0.4 is 20.9 Å². The van der Waals surface area contributed by atoms with Gasteiger partial charge in [0.25, 0.3) is 11.8 Å². The number of carbonyl (C=O) groups excluding carboxylic acids is 2. The number of benzene rings is 3. The highest BCUT2D eigenvalue weighted by Crippen LogP contribution is 2.35. The Hall–Kier alpha value is -3.46. The zero-order valence-electron chi connectivity index (χ0n) is 17.1. The first-order chi connectivity index (χ1) is 16.0. The first-order valence-electron chi connectivity index (χ1n) is 9.87. The second kappa shape index (κ2) is 10.4. The second-order valence-electron chi connectivity index (χ2n) is 6.85. The van der Waals surface area contributed by atoms with Crippen molar-refractivity contribution >= 4 is 62.2 Å². The number of fused-ring (bicyclic) bond motifs is 1. The highest BCUT2D eigenvalue weighted by molar-refractivity contribution is 7.80. The molecule has 0 aliphatic heterocycles. The van der Waals surface area contributed by atoms with E-state index in [4.69, 9.17) is 28.6 Å². The number of thiocarbonyl (C=S) groups is 1. The van der Waals surface area contributed by atoms with Crippen LogP contribution in [0.25, 0.3) is 21.2 Å². The van der Waals surface area contributed by atoms with Gasteiger partial charge in [-0.05, 0) is 29.9 Å². The minimum Gasteiger partial charge on any atom is -0.483 e. The fraction of sp³-hybridized carbons (Fsp3) is 0.0417. The molecule has 1 heterocycles. The summed E-state index contributed by atoms with van der Waals surface area (Å²) in [6.45, 7) is -0.241. The van der Waals surface area contributed by atoms with E-state index in [9.17, 15) is 9.59 Å². The minimum absolute atomic E-state index is 0.0634. The van der Waals surface area contributed by atoms with Crippen molar-refractivity contribution in [3.05, 3.63) is 88.8 Å². The first-order valence-corrected chi connectivity index (χ1v) is 11.5. The van der Waals surface area contributed by atoms with Gasteiger partial charge in [-0.15, -0.1) is 11.3 Å². The second-order valence-corrected chi connectivity index (χ2v) is 8.69. The molecule has 0 saturated carbocycles. The Morgan fingerprint density at radius 2 is 1.61 bits per heavy atom. The van der Waals surface area contributed by atoms with Gasteiger partial charge in [0.05, 0.1) is 5.02 Å². The van der Waals surface area contributed by atoms with Crippen molar-refractivity contribution in [1.29, 1.82) is 0 Å². The topological polar surface area (TPSA) is 79.5 Å². The number of amides is 2. The normalized spacial score (nSPS) is 10.5. The highest BCUT2D eigenvalue weighted by Gasteiger charge is 2.18. The van der Waals surface area contributed by atoms with Crippen LogP contribution in [0.5, 0.6) is 5.75 Å². The molecule has 4 aromatic rings. The van der Waals surface area contributed by atoms with E-state index < -0.39 is 11.8 Å². The Balaban J connectivity index is 1.29. The quantitative estimate of drug-likeness (QED) is 0.270. The molecule has 33 heavy (non-hydrogen) atoms. The third-order valence-corrected chi connectivity index (χ3v) is 6.49. The summed E-state index contributed by atoms with van der Waals surface area (Å²) in [7, 11) is 0. The van der Waals surface area contributed by atoms with Crippen LogP contribution in [0, 0.1) is 0 Å². The number of nitrogens with one attached hydrogen (secondary N) is 3. The van der Waals surface area contributed by atoms with E-state index in [0.29, 0.717) is 15.6 Å².